The summed E-state index contributed by atoms with van der Waals surface area (Å²) in [6.07, 6.45) is 1.78. The van der Waals surface area contributed by atoms with Gasteiger partial charge in [0.15, 0.2) is 0 Å². The van der Waals surface area contributed by atoms with Crippen molar-refractivity contribution in [3.8, 4) is 23.0 Å². The Hall–Kier alpha value is -6.62. The molecule has 0 N–H and O–H groups in total. The summed E-state index contributed by atoms with van der Waals surface area (Å²) in [4.78, 5) is 9.28. The summed E-state index contributed by atoms with van der Waals surface area (Å²) < 4.78 is 80.9. The van der Waals surface area contributed by atoms with Crippen molar-refractivity contribution in [3.05, 3.63) is 193 Å². The van der Waals surface area contributed by atoms with E-state index in [1.165, 1.54) is 15.7 Å². The number of hydrogen-bond acceptors (Lipinski definition) is 4. The molecule has 0 atom stereocenters. The summed E-state index contributed by atoms with van der Waals surface area (Å²) in [6, 6.07) is 38.2. The van der Waals surface area contributed by atoms with E-state index in [4.69, 9.17) is 20.7 Å². The van der Waals surface area contributed by atoms with Crippen molar-refractivity contribution in [1.82, 2.24) is 14.1 Å². The van der Waals surface area contributed by atoms with Crippen molar-refractivity contribution in [2.75, 3.05) is 9.80 Å². The number of nitrogens with zero attached hydrogens (tertiary/aromatic N) is 5. The van der Waals surface area contributed by atoms with Gasteiger partial charge in [0.2, 0.25) is 0 Å². The van der Waals surface area contributed by atoms with E-state index in [0.717, 1.165) is 39.1 Å². The van der Waals surface area contributed by atoms with Crippen LogP contribution >= 0.6 is 0 Å². The molecule has 0 bridgehead atoms. The van der Waals surface area contributed by atoms with E-state index in [-0.39, 0.29) is 83.3 Å². The minimum absolute atomic E-state index is 0. The average Bonchev–Trinajstić information content (AvgIpc) is 4.04. The molecule has 0 saturated carbocycles. The van der Waals surface area contributed by atoms with Crippen molar-refractivity contribution in [3.63, 3.8) is 0 Å². The second-order valence-electron chi connectivity index (χ2n) is 20.2. The van der Waals surface area contributed by atoms with Gasteiger partial charge < -0.3 is 23.7 Å². The molecule has 0 amide bonds. The van der Waals surface area contributed by atoms with Crippen LogP contribution in [0.2, 0.25) is 0 Å². The van der Waals surface area contributed by atoms with Crippen LogP contribution < -0.4 is 14.5 Å². The van der Waals surface area contributed by atoms with E-state index >= 15 is 0 Å². The Labute approximate surface area is 420 Å². The van der Waals surface area contributed by atoms with Crippen molar-refractivity contribution in [2.45, 2.75) is 78.6 Å². The third-order valence-corrected chi connectivity index (χ3v) is 12.6. The Kier molecular flexibility index (Phi) is 8.66. The zero-order chi connectivity index (χ0) is 52.7. The summed E-state index contributed by atoms with van der Waals surface area (Å²) in [5, 5.41) is 1.68. The number of pyridine rings is 1. The van der Waals surface area contributed by atoms with Gasteiger partial charge in [-0.2, -0.15) is 12.1 Å². The molecule has 10 aromatic rings. The summed E-state index contributed by atoms with van der Waals surface area (Å²) in [7, 11) is 0. The molecule has 0 aliphatic carbocycles. The molecule has 0 fully saturated rings. The van der Waals surface area contributed by atoms with E-state index < -0.39 is 24.2 Å². The van der Waals surface area contributed by atoms with Crippen LogP contribution in [0.25, 0.3) is 55.1 Å². The van der Waals surface area contributed by atoms with Crippen LogP contribution in [0.3, 0.4) is 0 Å². The Morgan fingerprint density at radius 1 is 0.522 bits per heavy atom. The summed E-state index contributed by atoms with van der Waals surface area (Å²) >= 11 is 0. The van der Waals surface area contributed by atoms with Crippen LogP contribution in [0, 0.1) is 18.8 Å². The first-order valence-electron chi connectivity index (χ1n) is 26.3. The Morgan fingerprint density at radius 3 is 1.79 bits per heavy atom. The fourth-order valence-corrected chi connectivity index (χ4v) is 8.91. The molecule has 338 valence electrons. The average molecular weight is 1060 g/mol. The number of hydrogen-bond donors (Lipinski definition) is 0. The van der Waals surface area contributed by atoms with Gasteiger partial charge in [-0.1, -0.05) is 128 Å². The van der Waals surface area contributed by atoms with Gasteiger partial charge in [-0.3, -0.25) is 0 Å². The minimum Gasteiger partial charge on any atom is -0.509 e. The quantitative estimate of drug-likeness (QED) is 0.156. The minimum atomic E-state index is -0.494. The van der Waals surface area contributed by atoms with Crippen LogP contribution in [0.15, 0.2) is 158 Å². The third-order valence-electron chi connectivity index (χ3n) is 12.6. The molecular formula is C60H54N5OPt-3. The molecule has 0 unspecified atom stereocenters. The predicted molar refractivity (Wildman–Crippen MR) is 275 cm³/mol. The van der Waals surface area contributed by atoms with Crippen LogP contribution in [0.1, 0.15) is 90.0 Å². The van der Waals surface area contributed by atoms with Crippen molar-refractivity contribution < 1.29 is 36.8 Å². The molecule has 6 nitrogen and oxygen atoms in total. The SMILES string of the molecule is [2H]c1c([2H])c([2H])c2c(c1[2H])c1c([2H])c([2H])c([2H])c([2H])c1n2-c1ccc2c3ccc(Oc4[c-]c(N5[CH-]N(c6cc(C(C)(C)C)cc(C(C)(C)C)c6)c6ccccc65)ccc4)[c-]c3n(-c3cc(C(C)(C)C)ccn3)c2c1.[Pt]. The molecule has 0 spiro atoms. The van der Waals surface area contributed by atoms with Gasteiger partial charge in [-0.25, -0.2) is 4.98 Å². The number of ether oxygens (including phenoxy) is 1. The zero-order valence-corrected chi connectivity index (χ0v) is 41.2. The maximum atomic E-state index is 9.14. The molecule has 7 heteroatoms. The smallest absolute Gasteiger partial charge is 0.135 e. The van der Waals surface area contributed by atoms with Crippen LogP contribution in [-0.4, -0.2) is 14.1 Å². The maximum absolute atomic E-state index is 9.14. The molecule has 0 radical (unpaired) electrons. The Morgan fingerprint density at radius 2 is 1.13 bits per heavy atom. The number of benzene rings is 7. The van der Waals surface area contributed by atoms with Crippen molar-refractivity contribution in [1.29, 1.82) is 0 Å². The number of fused-ring (bicyclic) bond motifs is 7. The summed E-state index contributed by atoms with van der Waals surface area (Å²) in [5.74, 6) is 1.50. The third kappa shape index (κ3) is 7.79. The van der Waals surface area contributed by atoms with Gasteiger partial charge in [0, 0.05) is 77.8 Å². The molecule has 11 rings (SSSR count). The largest absolute Gasteiger partial charge is 0.509 e. The van der Waals surface area contributed by atoms with Crippen LogP contribution in [-0.2, 0) is 37.3 Å². The predicted octanol–water partition coefficient (Wildman–Crippen LogP) is 16.0. The van der Waals surface area contributed by atoms with E-state index in [0.29, 0.717) is 34.0 Å². The molecule has 4 heterocycles. The van der Waals surface area contributed by atoms with E-state index in [1.807, 2.05) is 65.2 Å². The van der Waals surface area contributed by atoms with E-state index in [9.17, 15) is 0 Å². The molecule has 67 heavy (non-hydrogen) atoms. The first-order valence-corrected chi connectivity index (χ1v) is 22.3. The van der Waals surface area contributed by atoms with Gasteiger partial charge in [0.1, 0.15) is 5.82 Å². The zero-order valence-electron chi connectivity index (χ0n) is 46.9. The monoisotopic (exact) mass is 1060 g/mol. The van der Waals surface area contributed by atoms with Gasteiger partial charge in [-0.05, 0) is 98.9 Å². The molecule has 1 aliphatic heterocycles. The topological polar surface area (TPSA) is 38.5 Å². The first kappa shape index (κ1) is 35.6. The Bertz CT molecular complexity index is 3890. The van der Waals surface area contributed by atoms with E-state index in [2.05, 4.69) is 127 Å². The molecule has 7 aromatic carbocycles. The Balaban J connectivity index is 0.00000641. The normalized spacial score (nSPS) is 14.9. The summed E-state index contributed by atoms with van der Waals surface area (Å²) in [5.41, 5.74) is 8.95. The number of aromatic nitrogens is 3. The molecule has 1 aliphatic rings. The maximum Gasteiger partial charge on any atom is 0.135 e. The molecular weight excluding hydrogens is 1000 g/mol. The van der Waals surface area contributed by atoms with Gasteiger partial charge >= 0.3 is 0 Å². The number of anilines is 4. The first-order chi connectivity index (χ1) is 34.9. The van der Waals surface area contributed by atoms with E-state index in [1.54, 1.807) is 12.3 Å². The molecule has 3 aromatic heterocycles. The standard InChI is InChI=1S/C60H54N5O.Pt/c1-58(2,3)39-29-30-61-57(34-39)65-55-36-43(64-51-21-12-10-19-47(51)48-20-11-13-22-52(48)64)25-27-49(55)50-28-26-46(37-56(50)65)66-45-18-16-17-42(35-45)62-38-63(54-24-15-14-23-53(54)62)44-32-40(59(4,5)6)31-41(33-44)60(7,8)9;/h10-34,36,38H,1-9H3;/q-3;/i10D,11D,12D,13D,19D,20D,21D,22D;. The fourth-order valence-electron chi connectivity index (χ4n) is 8.91. The van der Waals surface area contributed by atoms with Crippen molar-refractivity contribution >= 4 is 66.4 Å². The fraction of sp³-hybridized carbons (Fsp3) is 0.200. The summed E-state index contributed by atoms with van der Waals surface area (Å²) in [6.45, 7) is 22.0. The number of rotatable bonds is 6. The van der Waals surface area contributed by atoms with Gasteiger partial charge in [-0.15, -0.1) is 48.1 Å². The van der Waals surface area contributed by atoms with Crippen molar-refractivity contribution in [2.24, 2.45) is 0 Å². The second kappa shape index (κ2) is 16.3. The van der Waals surface area contributed by atoms with Gasteiger partial charge in [0.05, 0.1) is 22.0 Å². The number of para-hydroxylation sites is 4. The van der Waals surface area contributed by atoms with Crippen LogP contribution in [0.5, 0.6) is 11.5 Å². The van der Waals surface area contributed by atoms with Gasteiger partial charge in [0.25, 0.3) is 0 Å². The van der Waals surface area contributed by atoms with Crippen LogP contribution in [0.4, 0.5) is 22.7 Å². The second-order valence-corrected chi connectivity index (χ2v) is 20.2. The molecule has 0 saturated heterocycles.